The highest BCUT2D eigenvalue weighted by molar-refractivity contribution is 6.05. The summed E-state index contributed by atoms with van der Waals surface area (Å²) >= 11 is 0. The third kappa shape index (κ3) is 4.98. The van der Waals surface area contributed by atoms with Gasteiger partial charge in [-0.1, -0.05) is 48.5 Å². The molecule has 1 heterocycles. The molecule has 0 aliphatic carbocycles. The van der Waals surface area contributed by atoms with Crippen LogP contribution in [0, 0.1) is 0 Å². The van der Waals surface area contributed by atoms with Gasteiger partial charge >= 0.3 is 0 Å². The van der Waals surface area contributed by atoms with Gasteiger partial charge in [-0.2, -0.15) is 10.2 Å². The molecule has 9 heteroatoms. The van der Waals surface area contributed by atoms with Gasteiger partial charge in [0.15, 0.2) is 17.2 Å². The predicted molar refractivity (Wildman–Crippen MR) is 133 cm³/mol. The molecule has 0 aliphatic heterocycles. The number of aromatic nitrogens is 2. The first-order valence-corrected chi connectivity index (χ1v) is 10.7. The summed E-state index contributed by atoms with van der Waals surface area (Å²) in [4.78, 5) is 26.0. The van der Waals surface area contributed by atoms with Crippen LogP contribution in [0.4, 0.5) is 0 Å². The van der Waals surface area contributed by atoms with E-state index in [1.165, 1.54) is 32.2 Å². The minimum Gasteiger partial charge on any atom is -0.493 e. The van der Waals surface area contributed by atoms with E-state index >= 15 is 0 Å². The van der Waals surface area contributed by atoms with Crippen LogP contribution in [0.5, 0.6) is 17.2 Å². The van der Waals surface area contributed by atoms with E-state index in [0.717, 1.165) is 5.56 Å². The normalized spacial score (nSPS) is 10.9. The molecule has 35 heavy (non-hydrogen) atoms. The van der Waals surface area contributed by atoms with Gasteiger partial charge in [0.25, 0.3) is 11.5 Å². The average Bonchev–Trinajstić information content (AvgIpc) is 2.90. The maximum absolute atomic E-state index is 13.0. The van der Waals surface area contributed by atoms with Crippen LogP contribution in [-0.4, -0.2) is 43.2 Å². The van der Waals surface area contributed by atoms with E-state index in [1.54, 1.807) is 36.4 Å². The molecular weight excluding hydrogens is 448 g/mol. The van der Waals surface area contributed by atoms with Crippen molar-refractivity contribution in [1.29, 1.82) is 0 Å². The van der Waals surface area contributed by atoms with Crippen molar-refractivity contribution in [3.8, 4) is 17.2 Å². The molecule has 0 bridgehead atoms. The van der Waals surface area contributed by atoms with Crippen LogP contribution < -0.4 is 25.2 Å². The van der Waals surface area contributed by atoms with Crippen LogP contribution in [0.2, 0.25) is 0 Å². The Morgan fingerprint density at radius 1 is 0.943 bits per heavy atom. The molecule has 1 N–H and O–H groups in total. The largest absolute Gasteiger partial charge is 0.493 e. The highest BCUT2D eigenvalue weighted by Crippen LogP contribution is 2.37. The number of hydrogen-bond donors (Lipinski definition) is 1. The molecule has 9 nitrogen and oxygen atoms in total. The number of benzene rings is 3. The summed E-state index contributed by atoms with van der Waals surface area (Å²) in [5.74, 6) is 0.819. The van der Waals surface area contributed by atoms with Crippen molar-refractivity contribution in [3.05, 3.63) is 93.9 Å². The third-order valence-corrected chi connectivity index (χ3v) is 5.32. The molecule has 0 saturated carbocycles. The minimum absolute atomic E-state index is 0.0955. The van der Waals surface area contributed by atoms with Gasteiger partial charge in [0, 0.05) is 10.9 Å². The highest BCUT2D eigenvalue weighted by atomic mass is 16.5. The Hall–Kier alpha value is -4.66. The third-order valence-electron chi connectivity index (χ3n) is 5.32. The van der Waals surface area contributed by atoms with E-state index in [4.69, 9.17) is 14.2 Å². The standard InChI is InChI=1S/C26H24N4O5/c1-33-21-13-18(14-22(34-2)24(21)35-3)15-27-28-25(31)23-19-11-7-8-12-20(19)26(32)30(29-23)16-17-9-5-4-6-10-17/h4-15H,16H2,1-3H3,(H,28,31)/b27-15+. The molecule has 3 aromatic carbocycles. The van der Waals surface area contributed by atoms with E-state index in [0.29, 0.717) is 33.6 Å². The van der Waals surface area contributed by atoms with Crippen molar-refractivity contribution in [2.75, 3.05) is 21.3 Å². The zero-order valence-electron chi connectivity index (χ0n) is 19.5. The van der Waals surface area contributed by atoms with Crippen LogP contribution >= 0.6 is 0 Å². The lowest BCUT2D eigenvalue weighted by atomic mass is 10.1. The van der Waals surface area contributed by atoms with Gasteiger partial charge in [-0.3, -0.25) is 9.59 Å². The Bertz CT molecular complexity index is 1420. The second-order valence-electron chi connectivity index (χ2n) is 7.50. The molecule has 0 atom stereocenters. The first-order chi connectivity index (χ1) is 17.0. The van der Waals surface area contributed by atoms with Gasteiger partial charge in [0.05, 0.1) is 39.5 Å². The Morgan fingerprint density at radius 2 is 1.57 bits per heavy atom. The number of amides is 1. The second-order valence-corrected chi connectivity index (χ2v) is 7.50. The molecule has 0 radical (unpaired) electrons. The SMILES string of the molecule is COc1cc(/C=N/NC(=O)c2nn(Cc3ccccc3)c(=O)c3ccccc23)cc(OC)c1OC. The van der Waals surface area contributed by atoms with E-state index in [-0.39, 0.29) is 17.8 Å². The predicted octanol–water partition coefficient (Wildman–Crippen LogP) is 3.23. The number of hydrogen-bond acceptors (Lipinski definition) is 7. The summed E-state index contributed by atoms with van der Waals surface area (Å²) in [5, 5.41) is 9.27. The summed E-state index contributed by atoms with van der Waals surface area (Å²) in [6.07, 6.45) is 1.45. The maximum atomic E-state index is 13.0. The molecule has 0 saturated heterocycles. The second kappa shape index (κ2) is 10.5. The van der Waals surface area contributed by atoms with Gasteiger partial charge < -0.3 is 14.2 Å². The van der Waals surface area contributed by atoms with Crippen molar-refractivity contribution in [2.45, 2.75) is 6.54 Å². The van der Waals surface area contributed by atoms with Crippen molar-refractivity contribution in [3.63, 3.8) is 0 Å². The van der Waals surface area contributed by atoms with Crippen LogP contribution in [0.15, 0.2) is 76.6 Å². The number of carbonyl (C=O) groups is 1. The molecule has 4 rings (SSSR count). The number of carbonyl (C=O) groups excluding carboxylic acids is 1. The number of nitrogens with one attached hydrogen (secondary N) is 1. The molecular formula is C26H24N4O5. The van der Waals surface area contributed by atoms with Crippen molar-refractivity contribution in [1.82, 2.24) is 15.2 Å². The number of nitrogens with zero attached hydrogens (tertiary/aromatic N) is 3. The molecule has 1 amide bonds. The summed E-state index contributed by atoms with van der Waals surface area (Å²) in [5.41, 5.74) is 3.82. The van der Waals surface area contributed by atoms with Crippen LogP contribution in [0.25, 0.3) is 10.8 Å². The lowest BCUT2D eigenvalue weighted by Gasteiger charge is -2.12. The number of fused-ring (bicyclic) bond motifs is 1. The topological polar surface area (TPSA) is 104 Å². The van der Waals surface area contributed by atoms with E-state index in [2.05, 4.69) is 15.6 Å². The number of methoxy groups -OCH3 is 3. The highest BCUT2D eigenvalue weighted by Gasteiger charge is 2.17. The van der Waals surface area contributed by atoms with Crippen LogP contribution in [-0.2, 0) is 6.54 Å². The molecule has 0 unspecified atom stereocenters. The molecule has 0 aliphatic rings. The van der Waals surface area contributed by atoms with Gasteiger partial charge in [0.1, 0.15) is 0 Å². The Balaban J connectivity index is 1.64. The average molecular weight is 473 g/mol. The van der Waals surface area contributed by atoms with Crippen LogP contribution in [0.3, 0.4) is 0 Å². The summed E-state index contributed by atoms with van der Waals surface area (Å²) in [6.45, 7) is 0.236. The quantitative estimate of drug-likeness (QED) is 0.312. The monoisotopic (exact) mass is 472 g/mol. The van der Waals surface area contributed by atoms with Crippen molar-refractivity contribution < 1.29 is 19.0 Å². The minimum atomic E-state index is -0.549. The van der Waals surface area contributed by atoms with E-state index < -0.39 is 5.91 Å². The lowest BCUT2D eigenvalue weighted by molar-refractivity contribution is 0.0949. The fourth-order valence-electron chi connectivity index (χ4n) is 3.66. The van der Waals surface area contributed by atoms with E-state index in [1.807, 2.05) is 30.3 Å². The molecule has 0 spiro atoms. The summed E-state index contributed by atoms with van der Waals surface area (Å²) in [6, 6.07) is 19.7. The Labute approximate surface area is 201 Å². The fourth-order valence-corrected chi connectivity index (χ4v) is 3.66. The number of ether oxygens (including phenoxy) is 3. The smallest absolute Gasteiger partial charge is 0.292 e. The Morgan fingerprint density at radius 3 is 2.20 bits per heavy atom. The Kier molecular flexibility index (Phi) is 7.06. The zero-order valence-corrected chi connectivity index (χ0v) is 19.5. The first kappa shape index (κ1) is 23.5. The van der Waals surface area contributed by atoms with Crippen molar-refractivity contribution >= 4 is 22.9 Å². The van der Waals surface area contributed by atoms with Gasteiger partial charge in [0.2, 0.25) is 5.75 Å². The van der Waals surface area contributed by atoms with Gasteiger partial charge in [-0.05, 0) is 23.8 Å². The van der Waals surface area contributed by atoms with Gasteiger partial charge in [-0.15, -0.1) is 0 Å². The molecule has 1 aromatic heterocycles. The number of rotatable bonds is 8. The zero-order chi connectivity index (χ0) is 24.8. The number of hydrazone groups is 1. The molecule has 0 fully saturated rings. The summed E-state index contributed by atoms with van der Waals surface area (Å²) in [7, 11) is 4.55. The molecule has 178 valence electrons. The van der Waals surface area contributed by atoms with E-state index in [9.17, 15) is 9.59 Å². The summed E-state index contributed by atoms with van der Waals surface area (Å²) < 4.78 is 17.3. The van der Waals surface area contributed by atoms with Crippen molar-refractivity contribution in [2.24, 2.45) is 5.10 Å². The first-order valence-electron chi connectivity index (χ1n) is 10.7. The van der Waals surface area contributed by atoms with Gasteiger partial charge in [-0.25, -0.2) is 10.1 Å². The lowest BCUT2D eigenvalue weighted by Crippen LogP contribution is -2.29. The maximum Gasteiger partial charge on any atom is 0.292 e. The van der Waals surface area contributed by atoms with Crippen LogP contribution in [0.1, 0.15) is 21.6 Å². The molecule has 4 aromatic rings. The fraction of sp³-hybridized carbons (Fsp3) is 0.154.